The van der Waals surface area contributed by atoms with Crippen molar-refractivity contribution in [3.05, 3.63) is 53.1 Å². The van der Waals surface area contributed by atoms with Gasteiger partial charge in [0.2, 0.25) is 10.0 Å². The molecular weight excluding hydrogens is 368 g/mol. The van der Waals surface area contributed by atoms with Crippen molar-refractivity contribution in [3.8, 4) is 11.5 Å². The van der Waals surface area contributed by atoms with E-state index in [-0.39, 0.29) is 11.9 Å². The molecule has 0 saturated carbocycles. The maximum absolute atomic E-state index is 12.6. The Morgan fingerprint density at radius 2 is 1.78 bits per heavy atom. The zero-order valence-electron chi connectivity index (χ0n) is 16.0. The summed E-state index contributed by atoms with van der Waals surface area (Å²) in [5.41, 5.74) is 2.31. The Bertz CT molecular complexity index is 941. The Morgan fingerprint density at radius 1 is 1.07 bits per heavy atom. The number of aryl methyl sites for hydroxylation is 1. The summed E-state index contributed by atoms with van der Waals surface area (Å²) in [6, 6.07) is 9.84. The van der Waals surface area contributed by atoms with Gasteiger partial charge < -0.3 is 14.8 Å². The molecule has 0 aliphatic rings. The average Bonchev–Trinajstić information content (AvgIpc) is 2.61. The number of benzene rings is 2. The first-order valence-corrected chi connectivity index (χ1v) is 10.1. The number of nitrogens with one attached hydrogen (secondary N) is 2. The zero-order chi connectivity index (χ0) is 20.2. The van der Waals surface area contributed by atoms with Crippen LogP contribution in [0.4, 0.5) is 5.69 Å². The Kier molecular flexibility index (Phi) is 6.32. The third kappa shape index (κ3) is 5.37. The molecule has 0 aliphatic heterocycles. The van der Waals surface area contributed by atoms with E-state index in [0.29, 0.717) is 28.3 Å². The van der Waals surface area contributed by atoms with E-state index in [0.717, 1.165) is 11.8 Å². The van der Waals surface area contributed by atoms with Gasteiger partial charge in [-0.05, 0) is 55.8 Å². The van der Waals surface area contributed by atoms with Gasteiger partial charge in [-0.3, -0.25) is 9.52 Å². The van der Waals surface area contributed by atoms with Gasteiger partial charge in [-0.1, -0.05) is 0 Å². The van der Waals surface area contributed by atoms with Gasteiger partial charge in [0, 0.05) is 11.1 Å². The van der Waals surface area contributed by atoms with E-state index in [1.165, 1.54) is 0 Å². The smallest absolute Gasteiger partial charge is 0.251 e. The molecule has 2 aromatic rings. The number of carbonyl (C=O) groups excluding carboxylic acids is 1. The van der Waals surface area contributed by atoms with Crippen LogP contribution in [0.15, 0.2) is 36.4 Å². The number of sulfonamides is 1. The molecular formula is C19H24N2O5S. The highest BCUT2D eigenvalue weighted by molar-refractivity contribution is 7.92. The first-order valence-electron chi connectivity index (χ1n) is 8.26. The number of amides is 1. The number of carbonyl (C=O) groups is 1. The highest BCUT2D eigenvalue weighted by Gasteiger charge is 2.17. The van der Waals surface area contributed by atoms with Gasteiger partial charge in [-0.2, -0.15) is 0 Å². The van der Waals surface area contributed by atoms with E-state index in [1.54, 1.807) is 51.5 Å². The third-order valence-corrected chi connectivity index (χ3v) is 4.63. The van der Waals surface area contributed by atoms with Crippen molar-refractivity contribution >= 4 is 21.6 Å². The fourth-order valence-corrected chi connectivity index (χ4v) is 3.28. The maximum atomic E-state index is 12.6. The number of ether oxygens (including phenoxy) is 2. The van der Waals surface area contributed by atoms with Gasteiger partial charge in [0.15, 0.2) is 0 Å². The molecule has 1 amide bonds. The molecule has 2 N–H and O–H groups in total. The van der Waals surface area contributed by atoms with Crippen LogP contribution < -0.4 is 19.5 Å². The Balaban J connectivity index is 2.21. The van der Waals surface area contributed by atoms with Crippen LogP contribution in [0.25, 0.3) is 0 Å². The molecule has 0 heterocycles. The van der Waals surface area contributed by atoms with E-state index < -0.39 is 10.0 Å². The Hall–Kier alpha value is -2.74. The fourth-order valence-electron chi connectivity index (χ4n) is 2.65. The molecule has 146 valence electrons. The number of rotatable bonds is 7. The summed E-state index contributed by atoms with van der Waals surface area (Å²) in [5.74, 6) is 1.04. The molecule has 7 nitrogen and oxygen atoms in total. The Labute approximate surface area is 159 Å². The van der Waals surface area contributed by atoms with Gasteiger partial charge in [-0.25, -0.2) is 8.42 Å². The number of anilines is 1. The maximum Gasteiger partial charge on any atom is 0.251 e. The lowest BCUT2D eigenvalue weighted by atomic mass is 10.0. The predicted octanol–water partition coefficient (Wildman–Crippen LogP) is 2.87. The molecule has 0 aromatic heterocycles. The SMILES string of the molecule is COc1ccc(OC)c(C(C)NC(=O)c2ccc(NS(C)(=O)=O)c(C)c2)c1. The molecule has 2 aromatic carbocycles. The zero-order valence-corrected chi connectivity index (χ0v) is 16.8. The van der Waals surface area contributed by atoms with Crippen molar-refractivity contribution in [1.29, 1.82) is 0 Å². The lowest BCUT2D eigenvalue weighted by Gasteiger charge is -2.18. The summed E-state index contributed by atoms with van der Waals surface area (Å²) in [7, 11) is -0.239. The van der Waals surface area contributed by atoms with Gasteiger partial charge in [-0.15, -0.1) is 0 Å². The summed E-state index contributed by atoms with van der Waals surface area (Å²) in [6.45, 7) is 3.58. The topological polar surface area (TPSA) is 93.7 Å². The molecule has 0 aliphatic carbocycles. The van der Waals surface area contributed by atoms with Gasteiger partial charge in [0.05, 0.1) is 32.2 Å². The summed E-state index contributed by atoms with van der Waals surface area (Å²) >= 11 is 0. The van der Waals surface area contributed by atoms with Gasteiger partial charge in [0.1, 0.15) is 11.5 Å². The molecule has 8 heteroatoms. The first-order chi connectivity index (χ1) is 12.6. The lowest BCUT2D eigenvalue weighted by Crippen LogP contribution is -2.27. The molecule has 0 fully saturated rings. The van der Waals surface area contributed by atoms with Crippen molar-refractivity contribution < 1.29 is 22.7 Å². The number of hydrogen-bond acceptors (Lipinski definition) is 5. The highest BCUT2D eigenvalue weighted by atomic mass is 32.2. The van der Waals surface area contributed by atoms with Crippen molar-refractivity contribution in [2.24, 2.45) is 0 Å². The van der Waals surface area contributed by atoms with E-state index in [4.69, 9.17) is 9.47 Å². The Morgan fingerprint density at radius 3 is 2.33 bits per heavy atom. The largest absolute Gasteiger partial charge is 0.497 e. The van der Waals surface area contributed by atoms with E-state index >= 15 is 0 Å². The van der Waals surface area contributed by atoms with Crippen LogP contribution >= 0.6 is 0 Å². The second-order valence-corrected chi connectivity index (χ2v) is 7.96. The second kappa shape index (κ2) is 8.30. The van der Waals surface area contributed by atoms with E-state index in [2.05, 4.69) is 10.0 Å². The van der Waals surface area contributed by atoms with Gasteiger partial charge in [0.25, 0.3) is 5.91 Å². The molecule has 2 rings (SSSR count). The molecule has 1 atom stereocenters. The van der Waals surface area contributed by atoms with Gasteiger partial charge >= 0.3 is 0 Å². The molecule has 0 spiro atoms. The van der Waals surface area contributed by atoms with Crippen LogP contribution in [0.2, 0.25) is 0 Å². The lowest BCUT2D eigenvalue weighted by molar-refractivity contribution is 0.0939. The molecule has 0 radical (unpaired) electrons. The van der Waals surface area contributed by atoms with E-state index in [1.807, 2.05) is 13.0 Å². The monoisotopic (exact) mass is 392 g/mol. The molecule has 0 bridgehead atoms. The number of hydrogen-bond donors (Lipinski definition) is 2. The fraction of sp³-hybridized carbons (Fsp3) is 0.316. The van der Waals surface area contributed by atoms with Crippen LogP contribution in [-0.4, -0.2) is 34.8 Å². The first kappa shape index (κ1) is 20.6. The van der Waals surface area contributed by atoms with Crippen LogP contribution in [0.3, 0.4) is 0 Å². The summed E-state index contributed by atoms with van der Waals surface area (Å²) in [5, 5.41) is 2.92. The summed E-state index contributed by atoms with van der Waals surface area (Å²) < 4.78 is 35.8. The average molecular weight is 392 g/mol. The van der Waals surface area contributed by atoms with Crippen LogP contribution in [-0.2, 0) is 10.0 Å². The molecule has 0 saturated heterocycles. The normalized spacial score (nSPS) is 12.2. The molecule has 1 unspecified atom stereocenters. The number of methoxy groups -OCH3 is 2. The minimum atomic E-state index is -3.38. The minimum Gasteiger partial charge on any atom is -0.497 e. The predicted molar refractivity (Wildman–Crippen MR) is 105 cm³/mol. The minimum absolute atomic E-state index is 0.277. The van der Waals surface area contributed by atoms with E-state index in [9.17, 15) is 13.2 Å². The second-order valence-electron chi connectivity index (χ2n) is 6.21. The van der Waals surface area contributed by atoms with Crippen LogP contribution in [0.5, 0.6) is 11.5 Å². The summed E-state index contributed by atoms with van der Waals surface area (Å²) in [4.78, 5) is 12.6. The quantitative estimate of drug-likeness (QED) is 0.756. The van der Waals surface area contributed by atoms with Crippen LogP contribution in [0.1, 0.15) is 34.5 Å². The van der Waals surface area contributed by atoms with Crippen molar-refractivity contribution in [2.45, 2.75) is 19.9 Å². The summed E-state index contributed by atoms with van der Waals surface area (Å²) in [6.07, 6.45) is 1.08. The van der Waals surface area contributed by atoms with Crippen LogP contribution in [0, 0.1) is 6.92 Å². The van der Waals surface area contributed by atoms with Crippen molar-refractivity contribution in [2.75, 3.05) is 25.2 Å². The third-order valence-electron chi connectivity index (χ3n) is 4.03. The highest BCUT2D eigenvalue weighted by Crippen LogP contribution is 2.29. The molecule has 27 heavy (non-hydrogen) atoms. The standard InChI is InChI=1S/C19H24N2O5S/c1-12-10-14(6-8-17(12)21-27(5,23)24)19(22)20-13(2)16-11-15(25-3)7-9-18(16)26-4/h6-11,13,21H,1-5H3,(H,20,22). The van der Waals surface area contributed by atoms with Crippen molar-refractivity contribution in [1.82, 2.24) is 5.32 Å². The van der Waals surface area contributed by atoms with Crippen molar-refractivity contribution in [3.63, 3.8) is 0 Å².